The number of rotatable bonds is 5. The van der Waals surface area contributed by atoms with Crippen LogP contribution in [0.4, 0.5) is 10.1 Å². The number of benzene rings is 1. The van der Waals surface area contributed by atoms with E-state index in [1.807, 2.05) is 13.8 Å². The molecule has 0 spiro atoms. The van der Waals surface area contributed by atoms with Gasteiger partial charge >= 0.3 is 0 Å². The molecule has 1 aliphatic heterocycles. The topological polar surface area (TPSA) is 38.8 Å². The lowest BCUT2D eigenvalue weighted by Crippen LogP contribution is -2.41. The van der Waals surface area contributed by atoms with E-state index in [-0.39, 0.29) is 18.1 Å². The molecule has 1 amide bonds. The van der Waals surface area contributed by atoms with E-state index in [9.17, 15) is 9.18 Å². The molecule has 4 nitrogen and oxygen atoms in total. The summed E-state index contributed by atoms with van der Waals surface area (Å²) in [5.74, 6) is -0.477. The molecule has 0 fully saturated rings. The van der Waals surface area contributed by atoms with Crippen LogP contribution in [0.3, 0.4) is 0 Å². The Morgan fingerprint density at radius 2 is 2.00 bits per heavy atom. The van der Waals surface area contributed by atoms with Crippen LogP contribution in [0.25, 0.3) is 0 Å². The van der Waals surface area contributed by atoms with Crippen LogP contribution in [-0.4, -0.2) is 25.5 Å². The van der Waals surface area contributed by atoms with Gasteiger partial charge in [-0.05, 0) is 37.6 Å². The summed E-state index contributed by atoms with van der Waals surface area (Å²) in [6.07, 6.45) is -0.553. The molecular formula is C13H16FNO3. The number of nitrogens with zero attached hydrogens (tertiary/aromatic N) is 1. The molecule has 18 heavy (non-hydrogen) atoms. The Labute approximate surface area is 105 Å². The van der Waals surface area contributed by atoms with Crippen molar-refractivity contribution < 1.29 is 18.7 Å². The number of hydrogen-bond acceptors (Lipinski definition) is 3. The van der Waals surface area contributed by atoms with Crippen molar-refractivity contribution in [3.8, 4) is 0 Å². The van der Waals surface area contributed by atoms with Crippen LogP contribution < -0.4 is 4.90 Å². The highest BCUT2D eigenvalue weighted by Gasteiger charge is 2.34. The van der Waals surface area contributed by atoms with Crippen LogP contribution in [0, 0.1) is 5.82 Å². The molecule has 0 unspecified atom stereocenters. The Morgan fingerprint density at radius 1 is 1.33 bits per heavy atom. The summed E-state index contributed by atoms with van der Waals surface area (Å²) in [4.78, 5) is 13.4. The van der Waals surface area contributed by atoms with Gasteiger partial charge in [0.15, 0.2) is 0 Å². The standard InChI is InChI=1S/C13H16FNO3/c1-3-17-13(18-4-2)15-11-6-5-10(14)7-9(11)8-12(15)16/h5-7,13H,3-4,8H2,1-2H3. The second-order valence-electron chi connectivity index (χ2n) is 3.93. The monoisotopic (exact) mass is 253 g/mol. The number of carbonyl (C=O) groups excluding carboxylic acids is 1. The van der Waals surface area contributed by atoms with Gasteiger partial charge in [0.05, 0.1) is 12.1 Å². The number of hydrogen-bond donors (Lipinski definition) is 0. The quantitative estimate of drug-likeness (QED) is 0.754. The Morgan fingerprint density at radius 3 is 2.61 bits per heavy atom. The van der Waals surface area contributed by atoms with Crippen LogP contribution in [0.2, 0.25) is 0 Å². The summed E-state index contributed by atoms with van der Waals surface area (Å²) in [6.45, 7) is 4.53. The first kappa shape index (κ1) is 13.0. The molecule has 0 saturated carbocycles. The summed E-state index contributed by atoms with van der Waals surface area (Å²) in [6, 6.07) is 4.29. The molecule has 1 heterocycles. The molecule has 0 aromatic heterocycles. The lowest BCUT2D eigenvalue weighted by Gasteiger charge is -2.27. The third-order valence-corrected chi connectivity index (χ3v) is 2.74. The molecule has 0 aliphatic carbocycles. The zero-order valence-corrected chi connectivity index (χ0v) is 10.5. The minimum absolute atomic E-state index is 0.137. The van der Waals surface area contributed by atoms with Crippen LogP contribution in [0.1, 0.15) is 19.4 Å². The van der Waals surface area contributed by atoms with Crippen molar-refractivity contribution in [1.82, 2.24) is 0 Å². The predicted octanol–water partition coefficient (Wildman–Crippen LogP) is 2.07. The fraction of sp³-hybridized carbons (Fsp3) is 0.462. The third kappa shape index (κ3) is 2.37. The van der Waals surface area contributed by atoms with E-state index in [0.717, 1.165) is 0 Å². The third-order valence-electron chi connectivity index (χ3n) is 2.74. The minimum atomic E-state index is -0.737. The molecule has 0 atom stereocenters. The van der Waals surface area contributed by atoms with Gasteiger partial charge in [-0.25, -0.2) is 4.39 Å². The number of anilines is 1. The number of fused-ring (bicyclic) bond motifs is 1. The lowest BCUT2D eigenvalue weighted by atomic mass is 10.1. The Hall–Kier alpha value is -1.46. The van der Waals surface area contributed by atoms with E-state index in [0.29, 0.717) is 24.5 Å². The fourth-order valence-electron chi connectivity index (χ4n) is 2.03. The molecule has 98 valence electrons. The van der Waals surface area contributed by atoms with E-state index in [2.05, 4.69) is 0 Å². The molecule has 0 bridgehead atoms. The first-order chi connectivity index (χ1) is 8.67. The lowest BCUT2D eigenvalue weighted by molar-refractivity contribution is -0.148. The van der Waals surface area contributed by atoms with Crippen molar-refractivity contribution >= 4 is 11.6 Å². The van der Waals surface area contributed by atoms with Crippen LogP contribution in [-0.2, 0) is 20.7 Å². The van der Waals surface area contributed by atoms with Crippen molar-refractivity contribution in [2.45, 2.75) is 26.7 Å². The van der Waals surface area contributed by atoms with Crippen molar-refractivity contribution in [3.63, 3.8) is 0 Å². The van der Waals surface area contributed by atoms with Gasteiger partial charge in [-0.3, -0.25) is 9.69 Å². The zero-order valence-electron chi connectivity index (χ0n) is 10.5. The Balaban J connectivity index is 2.30. The molecular weight excluding hydrogens is 237 g/mol. The van der Waals surface area contributed by atoms with Crippen LogP contribution >= 0.6 is 0 Å². The second kappa shape index (κ2) is 5.46. The largest absolute Gasteiger partial charge is 0.335 e. The van der Waals surface area contributed by atoms with Crippen molar-refractivity contribution in [3.05, 3.63) is 29.6 Å². The summed E-state index contributed by atoms with van der Waals surface area (Å²) >= 11 is 0. The average Bonchev–Trinajstić information content (AvgIpc) is 2.64. The van der Waals surface area contributed by atoms with Crippen molar-refractivity contribution in [2.75, 3.05) is 18.1 Å². The first-order valence-electron chi connectivity index (χ1n) is 6.01. The highest BCUT2D eigenvalue weighted by molar-refractivity contribution is 6.01. The summed E-state index contributed by atoms with van der Waals surface area (Å²) in [5, 5.41) is 0. The molecule has 2 rings (SSSR count). The molecule has 0 radical (unpaired) electrons. The van der Waals surface area contributed by atoms with Gasteiger partial charge in [-0.2, -0.15) is 0 Å². The predicted molar refractivity (Wildman–Crippen MR) is 64.6 cm³/mol. The summed E-state index contributed by atoms with van der Waals surface area (Å²) in [5.41, 5.74) is 1.33. The van der Waals surface area contributed by atoms with Crippen LogP contribution in [0.15, 0.2) is 18.2 Å². The van der Waals surface area contributed by atoms with E-state index in [1.165, 1.54) is 17.0 Å². The molecule has 1 aromatic rings. The second-order valence-corrected chi connectivity index (χ2v) is 3.93. The highest BCUT2D eigenvalue weighted by Crippen LogP contribution is 2.31. The van der Waals surface area contributed by atoms with Gasteiger partial charge in [-0.1, -0.05) is 0 Å². The van der Waals surface area contributed by atoms with Crippen LogP contribution in [0.5, 0.6) is 0 Å². The van der Waals surface area contributed by atoms with E-state index in [1.54, 1.807) is 6.07 Å². The summed E-state index contributed by atoms with van der Waals surface area (Å²) < 4.78 is 23.9. The van der Waals surface area contributed by atoms with Gasteiger partial charge in [-0.15, -0.1) is 0 Å². The Bertz CT molecular complexity index is 444. The van der Waals surface area contributed by atoms with E-state index in [4.69, 9.17) is 9.47 Å². The number of amides is 1. The maximum absolute atomic E-state index is 13.1. The number of halogens is 1. The molecule has 1 aliphatic rings. The van der Waals surface area contributed by atoms with Crippen molar-refractivity contribution in [1.29, 1.82) is 0 Å². The van der Waals surface area contributed by atoms with E-state index >= 15 is 0 Å². The average molecular weight is 253 g/mol. The molecule has 0 N–H and O–H groups in total. The minimum Gasteiger partial charge on any atom is -0.335 e. The number of carbonyl (C=O) groups is 1. The first-order valence-corrected chi connectivity index (χ1v) is 6.01. The number of ether oxygens (including phenoxy) is 2. The maximum Gasteiger partial charge on any atom is 0.247 e. The zero-order chi connectivity index (χ0) is 13.1. The maximum atomic E-state index is 13.1. The fourth-order valence-corrected chi connectivity index (χ4v) is 2.03. The molecule has 5 heteroatoms. The van der Waals surface area contributed by atoms with Gasteiger partial charge in [0.2, 0.25) is 12.3 Å². The van der Waals surface area contributed by atoms with Gasteiger partial charge in [0.1, 0.15) is 5.82 Å². The van der Waals surface area contributed by atoms with E-state index < -0.39 is 6.41 Å². The van der Waals surface area contributed by atoms with Crippen molar-refractivity contribution in [2.24, 2.45) is 0 Å². The summed E-state index contributed by atoms with van der Waals surface area (Å²) in [7, 11) is 0. The highest BCUT2D eigenvalue weighted by atomic mass is 19.1. The van der Waals surface area contributed by atoms with Gasteiger partial charge in [0.25, 0.3) is 0 Å². The molecule has 1 aromatic carbocycles. The normalized spacial score (nSPS) is 14.4. The molecule has 0 saturated heterocycles. The Kier molecular flexibility index (Phi) is 3.93. The van der Waals surface area contributed by atoms with Gasteiger partial charge in [0, 0.05) is 13.2 Å². The SMILES string of the molecule is CCOC(OCC)N1C(=O)Cc2cc(F)ccc21. The smallest absolute Gasteiger partial charge is 0.247 e. The van der Waals surface area contributed by atoms with Gasteiger partial charge < -0.3 is 9.47 Å².